The van der Waals surface area contributed by atoms with Crippen LogP contribution in [0.2, 0.25) is 0 Å². The molecule has 1 aromatic carbocycles. The number of hydrogen-bond acceptors (Lipinski definition) is 3. The highest BCUT2D eigenvalue weighted by atomic mass is 19.1. The average Bonchev–Trinajstić information content (AvgIpc) is 3.15. The summed E-state index contributed by atoms with van der Waals surface area (Å²) in [7, 11) is 0. The zero-order valence-electron chi connectivity index (χ0n) is 12.3. The Morgan fingerprint density at radius 2 is 2.14 bits per heavy atom. The normalized spacial score (nSPS) is 21.0. The molecule has 5 nitrogen and oxygen atoms in total. The molecule has 2 atom stereocenters. The molecule has 1 fully saturated rings. The van der Waals surface area contributed by atoms with Gasteiger partial charge in [0.05, 0.1) is 24.0 Å². The maximum atomic E-state index is 12.9. The van der Waals surface area contributed by atoms with Gasteiger partial charge in [-0.05, 0) is 50.1 Å². The lowest BCUT2D eigenvalue weighted by Crippen LogP contribution is -2.34. The van der Waals surface area contributed by atoms with Crippen LogP contribution in [-0.2, 0) is 16.1 Å². The summed E-state index contributed by atoms with van der Waals surface area (Å²) in [6, 6.07) is 7.90. The van der Waals surface area contributed by atoms with Crippen LogP contribution in [0.1, 0.15) is 25.5 Å². The Kier molecular flexibility index (Phi) is 4.20. The topological polar surface area (TPSA) is 56.2 Å². The van der Waals surface area contributed by atoms with E-state index in [9.17, 15) is 9.18 Å². The van der Waals surface area contributed by atoms with E-state index in [1.54, 1.807) is 23.0 Å². The van der Waals surface area contributed by atoms with Crippen LogP contribution in [0.4, 0.5) is 4.39 Å². The molecular formula is C16H18FN3O2. The second kappa shape index (κ2) is 6.27. The quantitative estimate of drug-likeness (QED) is 0.942. The first-order valence-corrected chi connectivity index (χ1v) is 7.35. The minimum atomic E-state index is -0.353. The van der Waals surface area contributed by atoms with E-state index in [1.807, 2.05) is 13.0 Å². The minimum Gasteiger partial charge on any atom is -0.365 e. The molecule has 0 saturated carbocycles. The molecule has 6 heteroatoms. The van der Waals surface area contributed by atoms with Gasteiger partial charge >= 0.3 is 0 Å². The van der Waals surface area contributed by atoms with Gasteiger partial charge < -0.3 is 10.1 Å². The first kappa shape index (κ1) is 14.7. The SMILES string of the molecule is C[C@H]1CC[C@@H](C(=O)NCc2ccn(-c3ccc(F)cc3)n2)O1. The van der Waals surface area contributed by atoms with Crippen LogP contribution >= 0.6 is 0 Å². The van der Waals surface area contributed by atoms with Crippen LogP contribution in [0.25, 0.3) is 5.69 Å². The molecule has 1 aliphatic rings. The van der Waals surface area contributed by atoms with Crippen molar-refractivity contribution in [1.82, 2.24) is 15.1 Å². The van der Waals surface area contributed by atoms with Gasteiger partial charge in [0.15, 0.2) is 0 Å². The third-order valence-corrected chi connectivity index (χ3v) is 3.70. The molecule has 2 aromatic rings. The fourth-order valence-corrected chi connectivity index (χ4v) is 2.48. The monoisotopic (exact) mass is 303 g/mol. The highest BCUT2D eigenvalue weighted by Gasteiger charge is 2.27. The Morgan fingerprint density at radius 3 is 2.82 bits per heavy atom. The van der Waals surface area contributed by atoms with E-state index in [4.69, 9.17) is 4.74 Å². The van der Waals surface area contributed by atoms with Crippen molar-refractivity contribution >= 4 is 5.91 Å². The molecular weight excluding hydrogens is 285 g/mol. The molecule has 1 aliphatic heterocycles. The lowest BCUT2D eigenvalue weighted by molar-refractivity contribution is -0.131. The van der Waals surface area contributed by atoms with Gasteiger partial charge in [0, 0.05) is 6.20 Å². The van der Waals surface area contributed by atoms with E-state index in [0.717, 1.165) is 24.2 Å². The van der Waals surface area contributed by atoms with Crippen LogP contribution in [0.5, 0.6) is 0 Å². The first-order chi connectivity index (χ1) is 10.6. The molecule has 2 heterocycles. The molecule has 0 unspecified atom stereocenters. The molecule has 1 saturated heterocycles. The number of benzene rings is 1. The summed E-state index contributed by atoms with van der Waals surface area (Å²) in [6.45, 7) is 2.32. The number of nitrogens with zero attached hydrogens (tertiary/aromatic N) is 2. The van der Waals surface area contributed by atoms with E-state index < -0.39 is 0 Å². The van der Waals surface area contributed by atoms with Crippen molar-refractivity contribution in [1.29, 1.82) is 0 Å². The maximum absolute atomic E-state index is 12.9. The van der Waals surface area contributed by atoms with Crippen molar-refractivity contribution in [3.05, 3.63) is 48.0 Å². The summed E-state index contributed by atoms with van der Waals surface area (Å²) in [5.74, 6) is -0.380. The van der Waals surface area contributed by atoms with Crippen molar-refractivity contribution in [2.75, 3.05) is 0 Å². The molecule has 0 bridgehead atoms. The van der Waals surface area contributed by atoms with Crippen LogP contribution in [-0.4, -0.2) is 27.9 Å². The number of nitrogens with one attached hydrogen (secondary N) is 1. The Hall–Kier alpha value is -2.21. The Morgan fingerprint density at radius 1 is 1.36 bits per heavy atom. The zero-order valence-corrected chi connectivity index (χ0v) is 12.3. The smallest absolute Gasteiger partial charge is 0.249 e. The lowest BCUT2D eigenvalue weighted by atomic mass is 10.2. The predicted molar refractivity (Wildman–Crippen MR) is 78.9 cm³/mol. The summed E-state index contributed by atoms with van der Waals surface area (Å²) in [6.07, 6.45) is 3.25. The van der Waals surface area contributed by atoms with Crippen LogP contribution in [0.15, 0.2) is 36.5 Å². The molecule has 0 radical (unpaired) electrons. The number of aromatic nitrogens is 2. The molecule has 22 heavy (non-hydrogen) atoms. The van der Waals surface area contributed by atoms with E-state index in [1.165, 1.54) is 12.1 Å². The van der Waals surface area contributed by atoms with Crippen LogP contribution < -0.4 is 5.32 Å². The van der Waals surface area contributed by atoms with Crippen molar-refractivity contribution in [3.63, 3.8) is 0 Å². The average molecular weight is 303 g/mol. The van der Waals surface area contributed by atoms with Crippen molar-refractivity contribution < 1.29 is 13.9 Å². The molecule has 0 aliphatic carbocycles. The Bertz CT molecular complexity index is 654. The third kappa shape index (κ3) is 3.33. The fraction of sp³-hybridized carbons (Fsp3) is 0.375. The minimum absolute atomic E-state index is 0.0966. The first-order valence-electron chi connectivity index (χ1n) is 7.35. The van der Waals surface area contributed by atoms with Crippen molar-refractivity contribution in [3.8, 4) is 5.69 Å². The third-order valence-electron chi connectivity index (χ3n) is 3.70. The Labute approximate surface area is 128 Å². The lowest BCUT2D eigenvalue weighted by Gasteiger charge is -2.10. The van der Waals surface area contributed by atoms with E-state index in [0.29, 0.717) is 6.54 Å². The molecule has 0 spiro atoms. The summed E-state index contributed by atoms with van der Waals surface area (Å²) in [5.41, 5.74) is 1.51. The van der Waals surface area contributed by atoms with Crippen molar-refractivity contribution in [2.24, 2.45) is 0 Å². The number of ether oxygens (including phenoxy) is 1. The molecule has 1 aromatic heterocycles. The van der Waals surface area contributed by atoms with Gasteiger partial charge in [-0.2, -0.15) is 5.10 Å². The second-order valence-corrected chi connectivity index (χ2v) is 5.46. The molecule has 1 N–H and O–H groups in total. The second-order valence-electron chi connectivity index (χ2n) is 5.46. The highest BCUT2D eigenvalue weighted by Crippen LogP contribution is 2.19. The van der Waals surface area contributed by atoms with Gasteiger partial charge in [-0.3, -0.25) is 4.79 Å². The zero-order chi connectivity index (χ0) is 15.5. The van der Waals surface area contributed by atoms with Gasteiger partial charge in [-0.15, -0.1) is 0 Å². The predicted octanol–water partition coefficient (Wildman–Crippen LogP) is 2.20. The van der Waals surface area contributed by atoms with Gasteiger partial charge in [-0.25, -0.2) is 9.07 Å². The van der Waals surface area contributed by atoms with E-state index in [2.05, 4.69) is 10.4 Å². The highest BCUT2D eigenvalue weighted by molar-refractivity contribution is 5.80. The summed E-state index contributed by atoms with van der Waals surface area (Å²) < 4.78 is 20.1. The largest absolute Gasteiger partial charge is 0.365 e. The van der Waals surface area contributed by atoms with E-state index in [-0.39, 0.29) is 23.9 Å². The fourth-order valence-electron chi connectivity index (χ4n) is 2.48. The van der Waals surface area contributed by atoms with Gasteiger partial charge in [0.1, 0.15) is 11.9 Å². The number of carbonyl (C=O) groups excluding carboxylic acids is 1. The number of amides is 1. The van der Waals surface area contributed by atoms with Gasteiger partial charge in [-0.1, -0.05) is 0 Å². The van der Waals surface area contributed by atoms with Crippen molar-refractivity contribution in [2.45, 2.75) is 38.5 Å². The maximum Gasteiger partial charge on any atom is 0.249 e. The summed E-state index contributed by atoms with van der Waals surface area (Å²) in [5, 5.41) is 7.20. The number of halogens is 1. The summed E-state index contributed by atoms with van der Waals surface area (Å²) in [4.78, 5) is 12.0. The standard InChI is InChI=1S/C16H18FN3O2/c1-11-2-7-15(22-11)16(21)18-10-13-8-9-20(19-13)14-5-3-12(17)4-6-14/h3-6,8-9,11,15H,2,7,10H2,1H3,(H,18,21)/t11-,15-/m0/s1. The van der Waals surface area contributed by atoms with E-state index >= 15 is 0 Å². The van der Waals surface area contributed by atoms with Crippen LogP contribution in [0.3, 0.4) is 0 Å². The summed E-state index contributed by atoms with van der Waals surface area (Å²) >= 11 is 0. The van der Waals surface area contributed by atoms with Crippen LogP contribution in [0, 0.1) is 5.82 Å². The molecule has 116 valence electrons. The van der Waals surface area contributed by atoms with Gasteiger partial charge in [0.2, 0.25) is 5.91 Å². The number of carbonyl (C=O) groups is 1. The molecule has 1 amide bonds. The number of rotatable bonds is 4. The van der Waals surface area contributed by atoms with Gasteiger partial charge in [0.25, 0.3) is 0 Å². The molecule has 3 rings (SSSR count). The number of hydrogen-bond donors (Lipinski definition) is 1. The Balaban J connectivity index is 1.58.